The molecule has 29 heavy (non-hydrogen) atoms. The Balaban J connectivity index is 1.44. The SMILES string of the molecule is CC(=O)c1ccc(OCCCC(=O)Nc2nc(-c3ccc(C)c(C)c3)cs2)cc1. The predicted molar refractivity (Wildman–Crippen MR) is 117 cm³/mol. The summed E-state index contributed by atoms with van der Waals surface area (Å²) >= 11 is 1.42. The molecule has 0 bridgehead atoms. The Morgan fingerprint density at radius 1 is 1.07 bits per heavy atom. The van der Waals surface area contributed by atoms with Gasteiger partial charge in [0, 0.05) is 22.9 Å². The number of nitrogens with one attached hydrogen (secondary N) is 1. The van der Waals surface area contributed by atoms with Crippen LogP contribution in [0.4, 0.5) is 5.13 Å². The van der Waals surface area contributed by atoms with Gasteiger partial charge in [0.25, 0.3) is 0 Å². The summed E-state index contributed by atoms with van der Waals surface area (Å²) in [6.07, 6.45) is 0.944. The lowest BCUT2D eigenvalue weighted by atomic mass is 10.1. The number of ketones is 1. The molecule has 3 rings (SSSR count). The number of aryl methyl sites for hydroxylation is 2. The zero-order valence-electron chi connectivity index (χ0n) is 16.8. The number of aromatic nitrogens is 1. The van der Waals surface area contributed by atoms with E-state index in [9.17, 15) is 9.59 Å². The number of nitrogens with zero attached hydrogens (tertiary/aromatic N) is 1. The number of rotatable bonds is 8. The second-order valence-electron chi connectivity index (χ2n) is 6.92. The molecular formula is C23H24N2O3S. The lowest BCUT2D eigenvalue weighted by Gasteiger charge is -2.06. The van der Waals surface area contributed by atoms with E-state index in [4.69, 9.17) is 4.74 Å². The molecule has 2 aromatic carbocycles. The number of benzene rings is 2. The van der Waals surface area contributed by atoms with E-state index in [1.165, 1.54) is 29.4 Å². The molecular weight excluding hydrogens is 384 g/mol. The first-order chi connectivity index (χ1) is 13.9. The Bertz CT molecular complexity index is 1010. The van der Waals surface area contributed by atoms with E-state index < -0.39 is 0 Å². The van der Waals surface area contributed by atoms with E-state index in [1.807, 2.05) is 11.4 Å². The van der Waals surface area contributed by atoms with Gasteiger partial charge in [0.05, 0.1) is 12.3 Å². The number of hydrogen-bond acceptors (Lipinski definition) is 5. The molecule has 0 aliphatic rings. The van der Waals surface area contributed by atoms with Gasteiger partial charge in [-0.3, -0.25) is 9.59 Å². The van der Waals surface area contributed by atoms with E-state index in [2.05, 4.69) is 36.3 Å². The van der Waals surface area contributed by atoms with Crippen LogP contribution in [0.25, 0.3) is 11.3 Å². The number of carbonyl (C=O) groups excluding carboxylic acids is 2. The zero-order chi connectivity index (χ0) is 20.8. The van der Waals surface area contributed by atoms with Crippen LogP contribution in [0.5, 0.6) is 5.75 Å². The van der Waals surface area contributed by atoms with Crippen molar-refractivity contribution in [1.29, 1.82) is 0 Å². The van der Waals surface area contributed by atoms with Gasteiger partial charge in [-0.15, -0.1) is 11.3 Å². The molecule has 3 aromatic rings. The molecule has 0 spiro atoms. The molecule has 0 fully saturated rings. The average molecular weight is 409 g/mol. The summed E-state index contributed by atoms with van der Waals surface area (Å²) in [5.74, 6) is 0.631. The van der Waals surface area contributed by atoms with Crippen LogP contribution in [-0.4, -0.2) is 23.3 Å². The van der Waals surface area contributed by atoms with Crippen LogP contribution in [-0.2, 0) is 4.79 Å². The first-order valence-electron chi connectivity index (χ1n) is 9.49. The van der Waals surface area contributed by atoms with Gasteiger partial charge in [-0.2, -0.15) is 0 Å². The summed E-state index contributed by atoms with van der Waals surface area (Å²) in [6.45, 7) is 6.12. The molecule has 1 heterocycles. The second kappa shape index (κ2) is 9.47. The quantitative estimate of drug-likeness (QED) is 0.399. The van der Waals surface area contributed by atoms with Crippen molar-refractivity contribution in [2.45, 2.75) is 33.6 Å². The van der Waals surface area contributed by atoms with Gasteiger partial charge in [-0.1, -0.05) is 12.1 Å². The molecule has 0 radical (unpaired) electrons. The fourth-order valence-electron chi connectivity index (χ4n) is 2.75. The van der Waals surface area contributed by atoms with Gasteiger partial charge in [-0.25, -0.2) is 4.98 Å². The summed E-state index contributed by atoms with van der Waals surface area (Å²) in [4.78, 5) is 27.9. The Morgan fingerprint density at radius 3 is 2.52 bits per heavy atom. The van der Waals surface area contributed by atoms with Crippen molar-refractivity contribution < 1.29 is 14.3 Å². The first-order valence-corrected chi connectivity index (χ1v) is 10.4. The third-order valence-corrected chi connectivity index (χ3v) is 5.39. The van der Waals surface area contributed by atoms with Crippen molar-refractivity contribution in [2.75, 3.05) is 11.9 Å². The second-order valence-corrected chi connectivity index (χ2v) is 7.78. The summed E-state index contributed by atoms with van der Waals surface area (Å²) in [5, 5.41) is 5.40. The van der Waals surface area contributed by atoms with E-state index in [0.717, 1.165) is 11.3 Å². The molecule has 1 aromatic heterocycles. The maximum atomic E-state index is 12.2. The van der Waals surface area contributed by atoms with Gasteiger partial charge in [0.1, 0.15) is 5.75 Å². The Labute approximate surface area is 174 Å². The minimum Gasteiger partial charge on any atom is -0.494 e. The highest BCUT2D eigenvalue weighted by Gasteiger charge is 2.09. The molecule has 6 heteroatoms. The largest absolute Gasteiger partial charge is 0.494 e. The molecule has 0 saturated carbocycles. The van der Waals surface area contributed by atoms with E-state index in [0.29, 0.717) is 35.9 Å². The fourth-order valence-corrected chi connectivity index (χ4v) is 3.49. The molecule has 0 atom stereocenters. The summed E-state index contributed by atoms with van der Waals surface area (Å²) < 4.78 is 5.62. The Kier molecular flexibility index (Phi) is 6.77. The maximum absolute atomic E-state index is 12.2. The van der Waals surface area contributed by atoms with Crippen LogP contribution in [0.3, 0.4) is 0 Å². The molecule has 1 N–H and O–H groups in total. The number of amides is 1. The van der Waals surface area contributed by atoms with Crippen molar-refractivity contribution in [2.24, 2.45) is 0 Å². The minimum absolute atomic E-state index is 0.0241. The Morgan fingerprint density at radius 2 is 1.83 bits per heavy atom. The lowest BCUT2D eigenvalue weighted by molar-refractivity contribution is -0.116. The van der Waals surface area contributed by atoms with Gasteiger partial charge in [0.15, 0.2) is 10.9 Å². The van der Waals surface area contributed by atoms with Crippen molar-refractivity contribution in [3.63, 3.8) is 0 Å². The highest BCUT2D eigenvalue weighted by molar-refractivity contribution is 7.14. The normalized spacial score (nSPS) is 10.6. The Hall–Kier alpha value is -2.99. The third-order valence-electron chi connectivity index (χ3n) is 4.63. The molecule has 150 valence electrons. The topological polar surface area (TPSA) is 68.3 Å². The summed E-state index contributed by atoms with van der Waals surface area (Å²) in [6, 6.07) is 13.2. The van der Waals surface area contributed by atoms with Gasteiger partial charge < -0.3 is 10.1 Å². The van der Waals surface area contributed by atoms with Crippen LogP contribution in [0.2, 0.25) is 0 Å². The van der Waals surface area contributed by atoms with Gasteiger partial charge >= 0.3 is 0 Å². The van der Waals surface area contributed by atoms with Crippen LogP contribution < -0.4 is 10.1 Å². The number of carbonyl (C=O) groups is 2. The van der Waals surface area contributed by atoms with Gasteiger partial charge in [-0.05, 0) is 68.7 Å². The van der Waals surface area contributed by atoms with Crippen molar-refractivity contribution in [1.82, 2.24) is 4.98 Å². The van der Waals surface area contributed by atoms with Crippen molar-refractivity contribution >= 4 is 28.2 Å². The van der Waals surface area contributed by atoms with E-state index in [-0.39, 0.29) is 11.7 Å². The molecule has 0 saturated heterocycles. The van der Waals surface area contributed by atoms with Crippen molar-refractivity contribution in [3.8, 4) is 17.0 Å². The monoisotopic (exact) mass is 408 g/mol. The predicted octanol–water partition coefficient (Wildman–Crippen LogP) is 5.43. The van der Waals surface area contributed by atoms with Gasteiger partial charge in [0.2, 0.25) is 5.91 Å². The smallest absolute Gasteiger partial charge is 0.226 e. The third kappa shape index (κ3) is 5.74. The molecule has 1 amide bonds. The lowest BCUT2D eigenvalue weighted by Crippen LogP contribution is -2.12. The first kappa shape index (κ1) is 20.7. The zero-order valence-corrected chi connectivity index (χ0v) is 17.6. The standard InChI is InChI=1S/C23H24N2O3S/c1-15-6-7-19(13-16(15)2)21-14-29-23(24-21)25-22(27)5-4-12-28-20-10-8-18(9-11-20)17(3)26/h6-11,13-14H,4-5,12H2,1-3H3,(H,24,25,27). The van der Waals surface area contributed by atoms with E-state index >= 15 is 0 Å². The number of thiazole rings is 1. The molecule has 0 unspecified atom stereocenters. The fraction of sp³-hybridized carbons (Fsp3) is 0.261. The van der Waals surface area contributed by atoms with E-state index in [1.54, 1.807) is 24.3 Å². The maximum Gasteiger partial charge on any atom is 0.226 e. The average Bonchev–Trinajstić information content (AvgIpc) is 3.16. The number of anilines is 1. The highest BCUT2D eigenvalue weighted by atomic mass is 32.1. The molecule has 0 aliphatic heterocycles. The van der Waals surface area contributed by atoms with Crippen LogP contribution in [0, 0.1) is 13.8 Å². The molecule has 5 nitrogen and oxygen atoms in total. The molecule has 0 aliphatic carbocycles. The van der Waals surface area contributed by atoms with Crippen LogP contribution in [0.15, 0.2) is 47.8 Å². The summed E-state index contributed by atoms with van der Waals surface area (Å²) in [5.41, 5.74) is 5.03. The van der Waals surface area contributed by atoms with Crippen molar-refractivity contribution in [3.05, 3.63) is 64.5 Å². The number of Topliss-reactive ketones (excluding diaryl/α,β-unsaturated/α-hetero) is 1. The highest BCUT2D eigenvalue weighted by Crippen LogP contribution is 2.26. The number of hydrogen-bond donors (Lipinski definition) is 1. The minimum atomic E-state index is -0.0819. The summed E-state index contributed by atoms with van der Waals surface area (Å²) in [7, 11) is 0. The van der Waals surface area contributed by atoms with Crippen LogP contribution in [0.1, 0.15) is 41.3 Å². The number of ether oxygens (including phenoxy) is 1. The van der Waals surface area contributed by atoms with Crippen LogP contribution >= 0.6 is 11.3 Å².